The van der Waals surface area contributed by atoms with Gasteiger partial charge in [-0.05, 0) is 18.2 Å². The summed E-state index contributed by atoms with van der Waals surface area (Å²) in [6, 6.07) is 18.8. The first kappa shape index (κ1) is 14.5. The van der Waals surface area contributed by atoms with E-state index in [2.05, 4.69) is 16.6 Å². The van der Waals surface area contributed by atoms with E-state index >= 15 is 0 Å². The van der Waals surface area contributed by atoms with E-state index in [0.29, 0.717) is 5.56 Å². The maximum atomic E-state index is 11.9. The fourth-order valence-corrected chi connectivity index (χ4v) is 2.40. The van der Waals surface area contributed by atoms with Gasteiger partial charge in [-0.15, -0.1) is 0 Å². The van der Waals surface area contributed by atoms with Crippen LogP contribution in [0.4, 0.5) is 0 Å². The van der Waals surface area contributed by atoms with E-state index in [0.717, 1.165) is 16.5 Å². The molecule has 112 valence electrons. The molecular weight excluding hydrogens is 288 g/mol. The first-order chi connectivity index (χ1) is 11.3. The highest BCUT2D eigenvalue weighted by Gasteiger charge is 2.06. The molecule has 3 aromatic rings. The van der Waals surface area contributed by atoms with Crippen LogP contribution in [0.5, 0.6) is 0 Å². The molecule has 5 nitrogen and oxygen atoms in total. The normalized spacial score (nSPS) is 10.7. The predicted molar refractivity (Wildman–Crippen MR) is 89.1 cm³/mol. The lowest BCUT2D eigenvalue weighted by atomic mass is 10.2. The Morgan fingerprint density at radius 1 is 1.17 bits per heavy atom. The number of hydrazone groups is 1. The van der Waals surface area contributed by atoms with Gasteiger partial charge in [0.05, 0.1) is 12.3 Å². The summed E-state index contributed by atoms with van der Waals surface area (Å²) >= 11 is 0. The third-order valence-electron chi connectivity index (χ3n) is 3.47. The topological polar surface area (TPSA) is 70.2 Å². The Labute approximate surface area is 133 Å². The quantitative estimate of drug-likeness (QED) is 0.594. The fraction of sp³-hybridized carbons (Fsp3) is 0.0556. The number of rotatable bonds is 4. The smallest absolute Gasteiger partial charge is 0.271 e. The second-order valence-electron chi connectivity index (χ2n) is 4.95. The number of nitriles is 1. The molecule has 0 aliphatic heterocycles. The van der Waals surface area contributed by atoms with Gasteiger partial charge >= 0.3 is 0 Å². The van der Waals surface area contributed by atoms with E-state index in [1.807, 2.05) is 41.1 Å². The average Bonchev–Trinajstić information content (AvgIpc) is 2.94. The highest BCUT2D eigenvalue weighted by Crippen LogP contribution is 2.19. The average molecular weight is 302 g/mol. The summed E-state index contributed by atoms with van der Waals surface area (Å²) in [6.07, 6.45) is 3.45. The molecule has 1 N–H and O–H groups in total. The molecule has 1 aromatic heterocycles. The Hall–Kier alpha value is -3.39. The number of aromatic nitrogens is 1. The van der Waals surface area contributed by atoms with Crippen LogP contribution in [-0.2, 0) is 6.54 Å². The minimum Gasteiger partial charge on any atom is -0.333 e. The molecule has 23 heavy (non-hydrogen) atoms. The third-order valence-corrected chi connectivity index (χ3v) is 3.47. The van der Waals surface area contributed by atoms with Crippen molar-refractivity contribution in [1.29, 1.82) is 5.26 Å². The summed E-state index contributed by atoms with van der Waals surface area (Å²) < 4.78 is 1.86. The molecule has 0 radical (unpaired) electrons. The molecule has 1 heterocycles. The van der Waals surface area contributed by atoms with E-state index < -0.39 is 0 Å². The van der Waals surface area contributed by atoms with Crippen molar-refractivity contribution >= 4 is 23.0 Å². The number of carbonyl (C=O) groups excluding carboxylic acids is 1. The summed E-state index contributed by atoms with van der Waals surface area (Å²) in [5, 5.41) is 13.9. The van der Waals surface area contributed by atoms with E-state index in [-0.39, 0.29) is 12.5 Å². The van der Waals surface area contributed by atoms with Crippen molar-refractivity contribution in [1.82, 2.24) is 9.99 Å². The van der Waals surface area contributed by atoms with Gasteiger partial charge in [-0.2, -0.15) is 10.4 Å². The van der Waals surface area contributed by atoms with Crippen LogP contribution in [0.25, 0.3) is 10.9 Å². The molecular formula is C18H14N4O. The van der Waals surface area contributed by atoms with Crippen molar-refractivity contribution in [3.05, 3.63) is 71.9 Å². The minimum atomic E-state index is -0.261. The van der Waals surface area contributed by atoms with Gasteiger partial charge in [0.2, 0.25) is 0 Å². The standard InChI is InChI=1S/C18H14N4O/c19-10-11-22-13-15(16-8-4-5-9-17(16)22)12-20-21-18(23)14-6-2-1-3-7-14/h1-9,12-13H,11H2,(H,21,23). The molecule has 0 atom stereocenters. The van der Waals surface area contributed by atoms with E-state index in [1.54, 1.807) is 30.5 Å². The predicted octanol–water partition coefficient (Wildman–Crippen LogP) is 2.93. The largest absolute Gasteiger partial charge is 0.333 e. The number of fused-ring (bicyclic) bond motifs is 1. The highest BCUT2D eigenvalue weighted by atomic mass is 16.2. The van der Waals surface area contributed by atoms with Crippen LogP contribution in [-0.4, -0.2) is 16.7 Å². The lowest BCUT2D eigenvalue weighted by molar-refractivity contribution is 0.0955. The van der Waals surface area contributed by atoms with Gasteiger partial charge in [0.25, 0.3) is 5.91 Å². The van der Waals surface area contributed by atoms with Crippen LogP contribution in [0, 0.1) is 11.3 Å². The van der Waals surface area contributed by atoms with Gasteiger partial charge in [0.1, 0.15) is 6.54 Å². The highest BCUT2D eigenvalue weighted by molar-refractivity contribution is 6.00. The maximum Gasteiger partial charge on any atom is 0.271 e. The zero-order valence-corrected chi connectivity index (χ0v) is 12.3. The van der Waals surface area contributed by atoms with Crippen molar-refractivity contribution in [2.24, 2.45) is 5.10 Å². The second kappa shape index (κ2) is 6.58. The van der Waals surface area contributed by atoms with Crippen molar-refractivity contribution in [3.63, 3.8) is 0 Å². The van der Waals surface area contributed by atoms with E-state index in [9.17, 15) is 4.79 Å². The van der Waals surface area contributed by atoms with Crippen molar-refractivity contribution < 1.29 is 4.79 Å². The molecule has 0 saturated carbocycles. The van der Waals surface area contributed by atoms with Gasteiger partial charge in [0.15, 0.2) is 0 Å². The van der Waals surface area contributed by atoms with Crippen molar-refractivity contribution in [2.45, 2.75) is 6.54 Å². The molecule has 3 rings (SSSR count). The molecule has 2 aromatic carbocycles. The summed E-state index contributed by atoms with van der Waals surface area (Å²) in [6.45, 7) is 0.269. The molecule has 0 unspecified atom stereocenters. The van der Waals surface area contributed by atoms with Gasteiger partial charge < -0.3 is 4.57 Å². The van der Waals surface area contributed by atoms with Gasteiger partial charge in [-0.25, -0.2) is 5.43 Å². The monoisotopic (exact) mass is 302 g/mol. The maximum absolute atomic E-state index is 11.9. The van der Waals surface area contributed by atoms with Crippen LogP contribution in [0.15, 0.2) is 65.9 Å². The molecule has 0 bridgehead atoms. The molecule has 0 aliphatic rings. The molecule has 1 amide bonds. The minimum absolute atomic E-state index is 0.261. The lowest BCUT2D eigenvalue weighted by Crippen LogP contribution is -2.17. The molecule has 0 spiro atoms. The molecule has 0 aliphatic carbocycles. The second-order valence-corrected chi connectivity index (χ2v) is 4.95. The van der Waals surface area contributed by atoms with Crippen LogP contribution in [0.1, 0.15) is 15.9 Å². The van der Waals surface area contributed by atoms with Crippen LogP contribution in [0.3, 0.4) is 0 Å². The zero-order valence-electron chi connectivity index (χ0n) is 12.3. The summed E-state index contributed by atoms with van der Waals surface area (Å²) in [4.78, 5) is 11.9. The Bertz CT molecular complexity index is 904. The number of nitrogens with zero attached hydrogens (tertiary/aromatic N) is 3. The Kier molecular flexibility index (Phi) is 4.16. The number of hydrogen-bond donors (Lipinski definition) is 1. The summed E-state index contributed by atoms with van der Waals surface area (Å²) in [5.74, 6) is -0.261. The zero-order chi connectivity index (χ0) is 16.1. The van der Waals surface area contributed by atoms with Gasteiger partial charge in [0, 0.05) is 28.2 Å². The van der Waals surface area contributed by atoms with E-state index in [1.165, 1.54) is 0 Å². The first-order valence-electron chi connectivity index (χ1n) is 7.13. The van der Waals surface area contributed by atoms with Crippen molar-refractivity contribution in [3.8, 4) is 6.07 Å². The third kappa shape index (κ3) is 3.11. The SMILES string of the molecule is N#CCn1cc(C=NNC(=O)c2ccccc2)c2ccccc21. The summed E-state index contributed by atoms with van der Waals surface area (Å²) in [5.41, 5.74) is 4.88. The van der Waals surface area contributed by atoms with Crippen LogP contribution >= 0.6 is 0 Å². The van der Waals surface area contributed by atoms with Gasteiger partial charge in [-0.1, -0.05) is 36.4 Å². The number of amides is 1. The molecule has 5 heteroatoms. The van der Waals surface area contributed by atoms with E-state index in [4.69, 9.17) is 5.26 Å². The number of benzene rings is 2. The number of para-hydroxylation sites is 1. The lowest BCUT2D eigenvalue weighted by Gasteiger charge is -1.98. The van der Waals surface area contributed by atoms with Crippen LogP contribution in [0.2, 0.25) is 0 Å². The van der Waals surface area contributed by atoms with Gasteiger partial charge in [-0.3, -0.25) is 4.79 Å². The fourth-order valence-electron chi connectivity index (χ4n) is 2.40. The Morgan fingerprint density at radius 2 is 1.91 bits per heavy atom. The first-order valence-corrected chi connectivity index (χ1v) is 7.13. The molecule has 0 fully saturated rings. The summed E-state index contributed by atoms with van der Waals surface area (Å²) in [7, 11) is 0. The number of carbonyl (C=O) groups is 1. The number of nitrogens with one attached hydrogen (secondary N) is 1. The number of hydrogen-bond acceptors (Lipinski definition) is 3. The Balaban J connectivity index is 1.82. The van der Waals surface area contributed by atoms with Crippen LogP contribution < -0.4 is 5.43 Å². The Morgan fingerprint density at radius 3 is 2.70 bits per heavy atom. The van der Waals surface area contributed by atoms with Crippen molar-refractivity contribution in [2.75, 3.05) is 0 Å². The molecule has 0 saturated heterocycles.